The lowest BCUT2D eigenvalue weighted by Crippen LogP contribution is -2.23. The topological polar surface area (TPSA) is 85.7 Å². The van der Waals surface area contributed by atoms with Crippen molar-refractivity contribution in [1.82, 2.24) is 5.16 Å². The van der Waals surface area contributed by atoms with E-state index in [0.717, 1.165) is 16.8 Å². The van der Waals surface area contributed by atoms with Gasteiger partial charge in [-0.05, 0) is 6.07 Å². The maximum absolute atomic E-state index is 5.98. The van der Waals surface area contributed by atoms with E-state index in [1.165, 1.54) is 0 Å². The molecular weight excluding hydrogens is 316 g/mol. The molecule has 3 rings (SSSR count). The molecular formula is C19H20N4O2. The number of hydrogen-bond acceptors (Lipinski definition) is 4. The third kappa shape index (κ3) is 4.45. The van der Waals surface area contributed by atoms with E-state index < -0.39 is 0 Å². The molecule has 0 aliphatic carbocycles. The number of rotatable bonds is 6. The molecule has 2 aromatic carbocycles. The predicted molar refractivity (Wildman–Crippen MR) is 98.0 cm³/mol. The molecule has 0 aliphatic heterocycles. The number of nitrogens with one attached hydrogen (secondary N) is 1. The summed E-state index contributed by atoms with van der Waals surface area (Å²) < 4.78 is 10.5. The van der Waals surface area contributed by atoms with Crippen molar-refractivity contribution in [3.8, 4) is 11.3 Å². The van der Waals surface area contributed by atoms with Crippen LogP contribution in [0.4, 0.5) is 5.69 Å². The average molecular weight is 336 g/mol. The van der Waals surface area contributed by atoms with E-state index >= 15 is 0 Å². The summed E-state index contributed by atoms with van der Waals surface area (Å²) in [6, 6.07) is 19.5. The monoisotopic (exact) mass is 336 g/mol. The van der Waals surface area contributed by atoms with Crippen LogP contribution in [0.25, 0.3) is 11.3 Å². The minimum absolute atomic E-state index is 0.313. The van der Waals surface area contributed by atoms with E-state index in [-0.39, 0.29) is 0 Å². The largest absolute Gasteiger partial charge is 0.380 e. The van der Waals surface area contributed by atoms with Crippen LogP contribution in [0.3, 0.4) is 0 Å². The molecule has 0 fully saturated rings. The fraction of sp³-hybridized carbons (Fsp3) is 0.158. The van der Waals surface area contributed by atoms with Crippen LogP contribution >= 0.6 is 0 Å². The predicted octanol–water partition coefficient (Wildman–Crippen LogP) is 3.41. The third-order valence-electron chi connectivity index (χ3n) is 3.61. The number of hydrogen-bond donors (Lipinski definition) is 2. The number of anilines is 1. The van der Waals surface area contributed by atoms with Crippen molar-refractivity contribution in [1.29, 1.82) is 0 Å². The van der Waals surface area contributed by atoms with E-state index in [2.05, 4.69) is 15.5 Å². The molecule has 6 nitrogen and oxygen atoms in total. The first-order valence-electron chi connectivity index (χ1n) is 7.91. The summed E-state index contributed by atoms with van der Waals surface area (Å²) in [5.41, 5.74) is 9.55. The minimum Gasteiger partial charge on any atom is -0.380 e. The van der Waals surface area contributed by atoms with Gasteiger partial charge >= 0.3 is 0 Å². The van der Waals surface area contributed by atoms with Crippen LogP contribution in [0.15, 0.2) is 70.2 Å². The summed E-state index contributed by atoms with van der Waals surface area (Å²) in [5.74, 6) is 1.02. The van der Waals surface area contributed by atoms with Crippen LogP contribution in [0.2, 0.25) is 0 Å². The van der Waals surface area contributed by atoms with E-state index in [1.54, 1.807) is 7.11 Å². The van der Waals surface area contributed by atoms with Crippen LogP contribution in [0, 0.1) is 0 Å². The van der Waals surface area contributed by atoms with Crippen molar-refractivity contribution < 1.29 is 9.26 Å². The van der Waals surface area contributed by atoms with E-state index in [0.29, 0.717) is 30.6 Å². The van der Waals surface area contributed by atoms with Crippen molar-refractivity contribution in [2.24, 2.45) is 10.7 Å². The van der Waals surface area contributed by atoms with Crippen LogP contribution in [0.5, 0.6) is 0 Å². The van der Waals surface area contributed by atoms with Gasteiger partial charge in [-0.25, -0.2) is 4.99 Å². The standard InChI is InChI=1S/C19H20N4O2/c1-24-13-15-9-5-6-10-17(15)22-19(20)21-12-16-11-18(25-23-16)14-7-3-2-4-8-14/h2-11H,12-13H2,1H3,(H3,20,21,22). The average Bonchev–Trinajstić information content (AvgIpc) is 3.12. The van der Waals surface area contributed by atoms with Gasteiger partial charge in [0.1, 0.15) is 5.69 Å². The fourth-order valence-electron chi connectivity index (χ4n) is 2.39. The number of guanidine groups is 1. The van der Waals surface area contributed by atoms with Gasteiger partial charge in [0.25, 0.3) is 0 Å². The maximum atomic E-state index is 5.98. The fourth-order valence-corrected chi connectivity index (χ4v) is 2.39. The van der Waals surface area contributed by atoms with Crippen molar-refractivity contribution in [2.45, 2.75) is 13.2 Å². The lowest BCUT2D eigenvalue weighted by Gasteiger charge is -2.10. The second-order valence-electron chi connectivity index (χ2n) is 5.47. The van der Waals surface area contributed by atoms with Gasteiger partial charge < -0.3 is 20.3 Å². The summed E-state index contributed by atoms with van der Waals surface area (Å²) in [4.78, 5) is 4.32. The van der Waals surface area contributed by atoms with E-state index in [1.807, 2.05) is 60.7 Å². The molecule has 0 saturated carbocycles. The molecule has 3 N–H and O–H groups in total. The summed E-state index contributed by atoms with van der Waals surface area (Å²) in [5, 5.41) is 7.13. The maximum Gasteiger partial charge on any atom is 0.193 e. The van der Waals surface area contributed by atoms with Gasteiger partial charge in [-0.1, -0.05) is 53.7 Å². The highest BCUT2D eigenvalue weighted by Crippen LogP contribution is 2.20. The molecule has 128 valence electrons. The van der Waals surface area contributed by atoms with Crippen LogP contribution in [0.1, 0.15) is 11.3 Å². The Morgan fingerprint density at radius 2 is 1.92 bits per heavy atom. The number of aliphatic imine (C=N–C) groups is 1. The second kappa shape index (κ2) is 8.12. The molecule has 0 atom stereocenters. The number of benzene rings is 2. The molecule has 0 spiro atoms. The third-order valence-corrected chi connectivity index (χ3v) is 3.61. The molecule has 0 amide bonds. The number of aromatic nitrogens is 1. The Kier molecular flexibility index (Phi) is 5.43. The summed E-state index contributed by atoms with van der Waals surface area (Å²) in [7, 11) is 1.66. The summed E-state index contributed by atoms with van der Waals surface area (Å²) >= 11 is 0. The SMILES string of the molecule is COCc1ccccc1NC(N)=NCc1cc(-c2ccccc2)on1. The minimum atomic E-state index is 0.313. The summed E-state index contributed by atoms with van der Waals surface area (Å²) in [6.45, 7) is 0.835. The van der Waals surface area contributed by atoms with Crippen LogP contribution in [-0.2, 0) is 17.9 Å². The van der Waals surface area contributed by atoms with Crippen molar-refractivity contribution in [2.75, 3.05) is 12.4 Å². The van der Waals surface area contributed by atoms with Gasteiger partial charge in [-0.15, -0.1) is 0 Å². The highest BCUT2D eigenvalue weighted by Gasteiger charge is 2.06. The number of ether oxygens (including phenoxy) is 1. The summed E-state index contributed by atoms with van der Waals surface area (Å²) in [6.07, 6.45) is 0. The molecule has 0 aliphatic rings. The molecule has 0 bridgehead atoms. The Labute approximate surface area is 146 Å². The van der Waals surface area contributed by atoms with Crippen molar-refractivity contribution in [3.63, 3.8) is 0 Å². The van der Waals surface area contributed by atoms with Gasteiger partial charge in [-0.2, -0.15) is 0 Å². The van der Waals surface area contributed by atoms with Gasteiger partial charge in [0.05, 0.1) is 13.2 Å². The molecule has 0 radical (unpaired) electrons. The highest BCUT2D eigenvalue weighted by molar-refractivity contribution is 5.92. The van der Waals surface area contributed by atoms with Crippen LogP contribution < -0.4 is 11.1 Å². The van der Waals surface area contributed by atoms with Gasteiger partial charge in [0.15, 0.2) is 11.7 Å². The zero-order valence-electron chi connectivity index (χ0n) is 14.0. The first-order valence-corrected chi connectivity index (χ1v) is 7.91. The van der Waals surface area contributed by atoms with Gasteiger partial charge in [0, 0.05) is 30.0 Å². The van der Waals surface area contributed by atoms with Crippen molar-refractivity contribution >= 4 is 11.6 Å². The van der Waals surface area contributed by atoms with E-state index in [9.17, 15) is 0 Å². The molecule has 1 aromatic heterocycles. The van der Waals surface area contributed by atoms with E-state index in [4.69, 9.17) is 15.0 Å². The lowest BCUT2D eigenvalue weighted by atomic mass is 10.2. The molecule has 0 saturated heterocycles. The normalized spacial score (nSPS) is 11.5. The smallest absolute Gasteiger partial charge is 0.193 e. The van der Waals surface area contributed by atoms with Crippen molar-refractivity contribution in [3.05, 3.63) is 71.9 Å². The number of nitrogens with two attached hydrogens (primary N) is 1. The Morgan fingerprint density at radius 1 is 1.16 bits per heavy atom. The molecule has 6 heteroatoms. The molecule has 0 unspecified atom stereocenters. The number of para-hydroxylation sites is 1. The molecule has 1 heterocycles. The Hall–Kier alpha value is -3.12. The Balaban J connectivity index is 1.65. The highest BCUT2D eigenvalue weighted by atomic mass is 16.5. The number of nitrogens with zero attached hydrogens (tertiary/aromatic N) is 2. The van der Waals surface area contributed by atoms with Gasteiger partial charge in [-0.3, -0.25) is 0 Å². The lowest BCUT2D eigenvalue weighted by molar-refractivity contribution is 0.185. The first kappa shape index (κ1) is 16.7. The second-order valence-corrected chi connectivity index (χ2v) is 5.47. The Morgan fingerprint density at radius 3 is 2.72 bits per heavy atom. The zero-order chi connectivity index (χ0) is 17.5. The molecule has 25 heavy (non-hydrogen) atoms. The zero-order valence-corrected chi connectivity index (χ0v) is 14.0. The molecule has 3 aromatic rings. The number of methoxy groups -OCH3 is 1. The van der Waals surface area contributed by atoms with Crippen LogP contribution in [-0.4, -0.2) is 18.2 Å². The van der Waals surface area contributed by atoms with Gasteiger partial charge in [0.2, 0.25) is 0 Å². The quantitative estimate of drug-likeness (QED) is 0.532. The first-order chi connectivity index (χ1) is 12.3. The Bertz CT molecular complexity index is 843.